The molecule has 0 aliphatic rings. The molecular weight excluding hydrogens is 372 g/mol. The van der Waals surface area contributed by atoms with Crippen molar-refractivity contribution in [1.82, 2.24) is 10.3 Å². The fourth-order valence-electron chi connectivity index (χ4n) is 2.64. The number of ether oxygens (including phenoxy) is 2. The molecule has 1 N–H and O–H groups in total. The minimum Gasteiger partial charge on any atom is -0.497 e. The summed E-state index contributed by atoms with van der Waals surface area (Å²) in [6.45, 7) is 3.23. The maximum atomic E-state index is 12.4. The molecule has 1 aromatic heterocycles. The number of benzene rings is 2. The standard InChI is InChI=1S/C22H24N2O3S/c1-3-13-27-20-6-4-5-17(14-20)21(25)23-12-11-18-15-28-22(24-18)16-7-9-19(26-2)10-8-16/h4-10,14-15H,3,11-13H2,1-2H3,(H,23,25). The van der Waals surface area contributed by atoms with Gasteiger partial charge in [-0.15, -0.1) is 11.3 Å². The topological polar surface area (TPSA) is 60.5 Å². The number of rotatable bonds is 9. The first-order valence-corrected chi connectivity index (χ1v) is 10.2. The first kappa shape index (κ1) is 19.9. The highest BCUT2D eigenvalue weighted by Crippen LogP contribution is 2.25. The predicted molar refractivity (Wildman–Crippen MR) is 112 cm³/mol. The van der Waals surface area contributed by atoms with E-state index in [-0.39, 0.29) is 5.91 Å². The van der Waals surface area contributed by atoms with E-state index >= 15 is 0 Å². The number of thiazole rings is 1. The van der Waals surface area contributed by atoms with Crippen molar-refractivity contribution in [3.8, 4) is 22.1 Å². The lowest BCUT2D eigenvalue weighted by molar-refractivity contribution is 0.0953. The molecule has 3 rings (SSSR count). The van der Waals surface area contributed by atoms with Crippen LogP contribution >= 0.6 is 11.3 Å². The van der Waals surface area contributed by atoms with Crippen molar-refractivity contribution in [2.45, 2.75) is 19.8 Å². The molecule has 0 spiro atoms. The zero-order valence-corrected chi connectivity index (χ0v) is 16.9. The van der Waals surface area contributed by atoms with E-state index in [1.54, 1.807) is 30.6 Å². The van der Waals surface area contributed by atoms with Crippen molar-refractivity contribution in [3.05, 3.63) is 65.2 Å². The highest BCUT2D eigenvalue weighted by molar-refractivity contribution is 7.13. The van der Waals surface area contributed by atoms with Crippen molar-refractivity contribution < 1.29 is 14.3 Å². The molecule has 3 aromatic rings. The molecule has 0 aliphatic carbocycles. The van der Waals surface area contributed by atoms with E-state index in [0.717, 1.165) is 34.2 Å². The van der Waals surface area contributed by atoms with Crippen LogP contribution < -0.4 is 14.8 Å². The smallest absolute Gasteiger partial charge is 0.251 e. The average molecular weight is 397 g/mol. The second kappa shape index (κ2) is 9.90. The zero-order chi connectivity index (χ0) is 19.8. The van der Waals surface area contributed by atoms with Crippen molar-refractivity contribution in [2.75, 3.05) is 20.3 Å². The highest BCUT2D eigenvalue weighted by Gasteiger charge is 2.08. The molecule has 0 aliphatic heterocycles. The monoisotopic (exact) mass is 396 g/mol. The number of aromatic nitrogens is 1. The fourth-order valence-corrected chi connectivity index (χ4v) is 3.50. The highest BCUT2D eigenvalue weighted by atomic mass is 32.1. The summed E-state index contributed by atoms with van der Waals surface area (Å²) in [7, 11) is 1.65. The molecule has 6 heteroatoms. The third-order valence-corrected chi connectivity index (χ3v) is 5.06. The van der Waals surface area contributed by atoms with Gasteiger partial charge >= 0.3 is 0 Å². The third kappa shape index (κ3) is 5.33. The first-order valence-electron chi connectivity index (χ1n) is 9.29. The van der Waals surface area contributed by atoms with Gasteiger partial charge in [-0.1, -0.05) is 13.0 Å². The fraction of sp³-hybridized carbons (Fsp3) is 0.273. The Bertz CT molecular complexity index is 906. The Hall–Kier alpha value is -2.86. The van der Waals surface area contributed by atoms with Crippen LogP contribution in [0.1, 0.15) is 29.4 Å². The predicted octanol–water partition coefficient (Wildman–Crippen LogP) is 4.58. The lowest BCUT2D eigenvalue weighted by Gasteiger charge is -2.07. The van der Waals surface area contributed by atoms with Gasteiger partial charge in [0, 0.05) is 29.5 Å². The van der Waals surface area contributed by atoms with E-state index in [2.05, 4.69) is 17.2 Å². The van der Waals surface area contributed by atoms with Crippen LogP contribution in [0.25, 0.3) is 10.6 Å². The molecule has 2 aromatic carbocycles. The number of carbonyl (C=O) groups is 1. The van der Waals surface area contributed by atoms with Crippen molar-refractivity contribution in [2.24, 2.45) is 0 Å². The summed E-state index contributed by atoms with van der Waals surface area (Å²) < 4.78 is 10.8. The van der Waals surface area contributed by atoms with Gasteiger partial charge in [0.05, 0.1) is 19.4 Å². The van der Waals surface area contributed by atoms with Gasteiger partial charge < -0.3 is 14.8 Å². The second-order valence-electron chi connectivity index (χ2n) is 6.25. The molecule has 0 unspecified atom stereocenters. The largest absolute Gasteiger partial charge is 0.497 e. The molecule has 0 fully saturated rings. The molecule has 146 valence electrons. The Kier molecular flexibility index (Phi) is 7.03. The summed E-state index contributed by atoms with van der Waals surface area (Å²) >= 11 is 1.60. The molecule has 0 atom stereocenters. The van der Waals surface area contributed by atoms with Crippen LogP contribution in [0.2, 0.25) is 0 Å². The van der Waals surface area contributed by atoms with Crippen molar-refractivity contribution >= 4 is 17.2 Å². The maximum Gasteiger partial charge on any atom is 0.251 e. The number of amides is 1. The maximum absolute atomic E-state index is 12.4. The molecule has 0 saturated carbocycles. The van der Waals surface area contributed by atoms with Gasteiger partial charge in [-0.25, -0.2) is 4.98 Å². The van der Waals surface area contributed by atoms with Gasteiger partial charge in [0.25, 0.3) is 5.91 Å². The van der Waals surface area contributed by atoms with E-state index in [1.807, 2.05) is 41.8 Å². The number of nitrogens with one attached hydrogen (secondary N) is 1. The Morgan fingerprint density at radius 1 is 1.14 bits per heavy atom. The van der Waals surface area contributed by atoms with E-state index in [4.69, 9.17) is 9.47 Å². The lowest BCUT2D eigenvalue weighted by Crippen LogP contribution is -2.25. The Morgan fingerprint density at radius 2 is 1.96 bits per heavy atom. The van der Waals surface area contributed by atoms with Crippen LogP contribution in [-0.2, 0) is 6.42 Å². The number of hydrogen-bond donors (Lipinski definition) is 1. The van der Waals surface area contributed by atoms with Gasteiger partial charge in [0.1, 0.15) is 16.5 Å². The number of nitrogens with zero attached hydrogens (tertiary/aromatic N) is 1. The van der Waals surface area contributed by atoms with Gasteiger partial charge in [-0.05, 0) is 48.9 Å². The molecule has 0 saturated heterocycles. The molecule has 28 heavy (non-hydrogen) atoms. The van der Waals surface area contributed by atoms with Gasteiger partial charge in [0.2, 0.25) is 0 Å². The molecule has 5 nitrogen and oxygen atoms in total. The summed E-state index contributed by atoms with van der Waals surface area (Å²) in [5.41, 5.74) is 2.63. The molecule has 0 bridgehead atoms. The number of carbonyl (C=O) groups excluding carboxylic acids is 1. The summed E-state index contributed by atoms with van der Waals surface area (Å²) in [6.07, 6.45) is 1.62. The normalized spacial score (nSPS) is 10.5. The SMILES string of the molecule is CCCOc1cccc(C(=O)NCCc2csc(-c3ccc(OC)cc3)n2)c1. The minimum absolute atomic E-state index is 0.104. The summed E-state index contributed by atoms with van der Waals surface area (Å²) in [6, 6.07) is 15.1. The van der Waals surface area contributed by atoms with Gasteiger partial charge in [-0.3, -0.25) is 4.79 Å². The van der Waals surface area contributed by atoms with Crippen LogP contribution in [0, 0.1) is 0 Å². The Morgan fingerprint density at radius 3 is 2.71 bits per heavy atom. The number of methoxy groups -OCH3 is 1. The summed E-state index contributed by atoms with van der Waals surface area (Å²) in [5, 5.41) is 5.94. The summed E-state index contributed by atoms with van der Waals surface area (Å²) in [5.74, 6) is 1.44. The second-order valence-corrected chi connectivity index (χ2v) is 7.11. The minimum atomic E-state index is -0.104. The lowest BCUT2D eigenvalue weighted by atomic mass is 10.2. The Labute approximate surface area is 169 Å². The molecular formula is C22H24N2O3S. The number of hydrogen-bond acceptors (Lipinski definition) is 5. The van der Waals surface area contributed by atoms with E-state index in [1.165, 1.54) is 0 Å². The van der Waals surface area contributed by atoms with Crippen LogP contribution in [-0.4, -0.2) is 31.2 Å². The van der Waals surface area contributed by atoms with E-state index in [9.17, 15) is 4.79 Å². The first-order chi connectivity index (χ1) is 13.7. The van der Waals surface area contributed by atoms with Crippen molar-refractivity contribution in [3.63, 3.8) is 0 Å². The van der Waals surface area contributed by atoms with Crippen LogP contribution in [0.5, 0.6) is 11.5 Å². The zero-order valence-electron chi connectivity index (χ0n) is 16.1. The van der Waals surface area contributed by atoms with Crippen LogP contribution in [0.4, 0.5) is 0 Å². The van der Waals surface area contributed by atoms with E-state index < -0.39 is 0 Å². The van der Waals surface area contributed by atoms with Crippen molar-refractivity contribution in [1.29, 1.82) is 0 Å². The van der Waals surface area contributed by atoms with Gasteiger partial charge in [0.15, 0.2) is 0 Å². The van der Waals surface area contributed by atoms with E-state index in [0.29, 0.717) is 25.1 Å². The Balaban J connectivity index is 1.52. The van der Waals surface area contributed by atoms with Crippen LogP contribution in [0.3, 0.4) is 0 Å². The molecule has 0 radical (unpaired) electrons. The third-order valence-electron chi connectivity index (χ3n) is 4.12. The van der Waals surface area contributed by atoms with Crippen LogP contribution in [0.15, 0.2) is 53.9 Å². The average Bonchev–Trinajstić information content (AvgIpc) is 3.21. The molecule has 1 heterocycles. The van der Waals surface area contributed by atoms with Gasteiger partial charge in [-0.2, -0.15) is 0 Å². The summed E-state index contributed by atoms with van der Waals surface area (Å²) in [4.78, 5) is 17.0. The molecule has 1 amide bonds. The quantitative estimate of drug-likeness (QED) is 0.575.